The number of piperazine rings is 1. The van der Waals surface area contributed by atoms with E-state index in [0.717, 1.165) is 60.4 Å². The number of carbonyl (C=O) groups is 1. The van der Waals surface area contributed by atoms with Crippen molar-refractivity contribution in [3.63, 3.8) is 0 Å². The molecule has 7 heteroatoms. The Labute approximate surface area is 190 Å². The number of thiophene rings is 1. The lowest BCUT2D eigenvalue weighted by atomic mass is 10.1. The normalized spacial score (nSPS) is 15.9. The first kappa shape index (κ1) is 20.4. The number of nitrogens with zero attached hydrogens (tertiary/aromatic N) is 2. The maximum absolute atomic E-state index is 13.2. The van der Waals surface area contributed by atoms with Gasteiger partial charge in [-0.3, -0.25) is 9.69 Å². The maximum atomic E-state index is 13.2. The smallest absolute Gasteiger partial charge is 0.255 e. The summed E-state index contributed by atoms with van der Waals surface area (Å²) < 4.78 is 10.9. The van der Waals surface area contributed by atoms with Crippen molar-refractivity contribution in [3.05, 3.63) is 76.0 Å². The molecule has 5 rings (SSSR count). The first-order valence-electron chi connectivity index (χ1n) is 10.4. The number of amides is 1. The molecule has 1 fully saturated rings. The van der Waals surface area contributed by atoms with Crippen molar-refractivity contribution in [2.75, 3.05) is 33.0 Å². The fraction of sp³-hybridized carbons (Fsp3) is 0.292. The molecule has 2 aromatic carbocycles. The molecule has 2 aliphatic heterocycles. The molecule has 0 aliphatic carbocycles. The van der Waals surface area contributed by atoms with E-state index in [4.69, 9.17) is 9.47 Å². The Kier molecular flexibility index (Phi) is 6.15. The molecule has 0 saturated carbocycles. The van der Waals surface area contributed by atoms with Crippen molar-refractivity contribution in [2.45, 2.75) is 17.2 Å². The summed E-state index contributed by atoms with van der Waals surface area (Å²) in [6, 6.07) is 18.3. The minimum absolute atomic E-state index is 0.136. The highest BCUT2D eigenvalue weighted by Gasteiger charge is 2.24. The van der Waals surface area contributed by atoms with E-state index in [1.807, 2.05) is 29.2 Å². The number of carbonyl (C=O) groups excluding carboxylic acids is 1. The zero-order valence-electron chi connectivity index (χ0n) is 17.2. The van der Waals surface area contributed by atoms with Crippen LogP contribution in [-0.4, -0.2) is 48.7 Å². The lowest BCUT2D eigenvalue weighted by Gasteiger charge is -2.35. The molecule has 160 valence electrons. The molecule has 1 amide bonds. The monoisotopic (exact) mass is 452 g/mol. The van der Waals surface area contributed by atoms with Crippen molar-refractivity contribution >= 4 is 29.0 Å². The van der Waals surface area contributed by atoms with Gasteiger partial charge in [0.15, 0.2) is 11.5 Å². The van der Waals surface area contributed by atoms with Gasteiger partial charge in [-0.25, -0.2) is 0 Å². The highest BCUT2D eigenvalue weighted by atomic mass is 32.2. The highest BCUT2D eigenvalue weighted by Crippen LogP contribution is 2.33. The van der Waals surface area contributed by atoms with E-state index in [1.165, 1.54) is 10.4 Å². The van der Waals surface area contributed by atoms with Crippen LogP contribution in [0.15, 0.2) is 64.9 Å². The predicted molar refractivity (Wildman–Crippen MR) is 124 cm³/mol. The standard InChI is InChI=1S/C24H24N2O3S2/c27-24(20-5-1-2-6-23(20)31-16-19-4-3-13-30-19)26-11-9-25(10-12-26)15-18-7-8-21-22(14-18)29-17-28-21/h1-8,13-14H,9-12,15-17H2. The van der Waals surface area contributed by atoms with E-state index in [0.29, 0.717) is 6.79 Å². The second-order valence-electron chi connectivity index (χ2n) is 7.62. The number of rotatable bonds is 6. The fourth-order valence-electron chi connectivity index (χ4n) is 3.89. The Balaban J connectivity index is 1.18. The van der Waals surface area contributed by atoms with Crippen molar-refractivity contribution in [2.24, 2.45) is 0 Å². The first-order chi connectivity index (χ1) is 15.3. The largest absolute Gasteiger partial charge is 0.454 e. The lowest BCUT2D eigenvalue weighted by molar-refractivity contribution is 0.0625. The van der Waals surface area contributed by atoms with Gasteiger partial charge in [0.2, 0.25) is 6.79 Å². The Morgan fingerprint density at radius 2 is 1.81 bits per heavy atom. The SMILES string of the molecule is O=C(c1ccccc1SCc1cccs1)N1CCN(Cc2ccc3c(c2)OCO3)CC1. The van der Waals surface area contributed by atoms with Gasteiger partial charge in [-0.15, -0.1) is 23.1 Å². The third-order valence-electron chi connectivity index (χ3n) is 5.57. The Morgan fingerprint density at radius 1 is 0.968 bits per heavy atom. The van der Waals surface area contributed by atoms with Crippen LogP contribution in [0.25, 0.3) is 0 Å². The fourth-order valence-corrected chi connectivity index (χ4v) is 5.71. The van der Waals surface area contributed by atoms with Crippen molar-refractivity contribution in [1.82, 2.24) is 9.80 Å². The number of hydrogen-bond acceptors (Lipinski definition) is 6. The van der Waals surface area contributed by atoms with Crippen molar-refractivity contribution in [3.8, 4) is 11.5 Å². The summed E-state index contributed by atoms with van der Waals surface area (Å²) in [5.41, 5.74) is 2.02. The Morgan fingerprint density at radius 3 is 2.65 bits per heavy atom. The van der Waals surface area contributed by atoms with Crippen molar-refractivity contribution in [1.29, 1.82) is 0 Å². The number of benzene rings is 2. The van der Waals surface area contributed by atoms with Gasteiger partial charge in [0, 0.05) is 48.2 Å². The van der Waals surface area contributed by atoms with Crippen LogP contribution < -0.4 is 9.47 Å². The summed E-state index contributed by atoms with van der Waals surface area (Å²) in [4.78, 5) is 20.0. The summed E-state index contributed by atoms with van der Waals surface area (Å²) in [6.45, 7) is 4.37. The van der Waals surface area contributed by atoms with E-state index >= 15 is 0 Å². The van der Waals surface area contributed by atoms with Gasteiger partial charge < -0.3 is 14.4 Å². The molecule has 0 unspecified atom stereocenters. The minimum atomic E-state index is 0.136. The third kappa shape index (κ3) is 4.74. The number of hydrogen-bond donors (Lipinski definition) is 0. The number of thioether (sulfide) groups is 1. The second-order valence-corrected chi connectivity index (χ2v) is 9.67. The first-order valence-corrected chi connectivity index (χ1v) is 12.3. The van der Waals surface area contributed by atoms with Gasteiger partial charge in [-0.1, -0.05) is 24.3 Å². The Hall–Kier alpha value is -2.48. The number of fused-ring (bicyclic) bond motifs is 1. The van der Waals surface area contributed by atoms with Gasteiger partial charge in [0.25, 0.3) is 5.91 Å². The summed E-state index contributed by atoms with van der Waals surface area (Å²) in [7, 11) is 0. The molecule has 1 aromatic heterocycles. The molecule has 0 radical (unpaired) electrons. The van der Waals surface area contributed by atoms with Crippen LogP contribution >= 0.6 is 23.1 Å². The van der Waals surface area contributed by atoms with E-state index in [1.54, 1.807) is 23.1 Å². The molecule has 2 aliphatic rings. The summed E-state index contributed by atoms with van der Waals surface area (Å²) >= 11 is 3.49. The van der Waals surface area contributed by atoms with Crippen molar-refractivity contribution < 1.29 is 14.3 Å². The quantitative estimate of drug-likeness (QED) is 0.506. The van der Waals surface area contributed by atoms with Crippen LogP contribution in [0.5, 0.6) is 11.5 Å². The lowest BCUT2D eigenvalue weighted by Crippen LogP contribution is -2.48. The molecule has 31 heavy (non-hydrogen) atoms. The van der Waals surface area contributed by atoms with E-state index in [2.05, 4.69) is 40.6 Å². The van der Waals surface area contributed by atoms with E-state index in [-0.39, 0.29) is 5.91 Å². The predicted octanol–water partition coefficient (Wildman–Crippen LogP) is 4.73. The average molecular weight is 453 g/mol. The summed E-state index contributed by atoms with van der Waals surface area (Å²) in [5.74, 6) is 2.67. The number of ether oxygens (including phenoxy) is 2. The molecule has 3 aromatic rings. The van der Waals surface area contributed by atoms with Gasteiger partial charge in [0.05, 0.1) is 5.56 Å². The molecule has 3 heterocycles. The van der Waals surface area contributed by atoms with E-state index < -0.39 is 0 Å². The molecule has 0 N–H and O–H groups in total. The van der Waals surface area contributed by atoms with Gasteiger partial charge in [-0.2, -0.15) is 0 Å². The summed E-state index contributed by atoms with van der Waals surface area (Å²) in [6.07, 6.45) is 0. The van der Waals surface area contributed by atoms with E-state index in [9.17, 15) is 4.79 Å². The third-order valence-corrected chi connectivity index (χ3v) is 7.75. The van der Waals surface area contributed by atoms with Crippen LogP contribution in [0.2, 0.25) is 0 Å². The summed E-state index contributed by atoms with van der Waals surface area (Å²) in [5, 5.41) is 2.09. The molecule has 5 nitrogen and oxygen atoms in total. The maximum Gasteiger partial charge on any atom is 0.255 e. The van der Waals surface area contributed by atoms with Crippen LogP contribution in [0.1, 0.15) is 20.8 Å². The molecule has 0 atom stereocenters. The molecule has 1 saturated heterocycles. The van der Waals surface area contributed by atoms with Crippen LogP contribution in [0.4, 0.5) is 0 Å². The molecule has 0 bridgehead atoms. The molecule has 0 spiro atoms. The van der Waals surface area contributed by atoms with Gasteiger partial charge in [0.1, 0.15) is 0 Å². The average Bonchev–Trinajstić information content (AvgIpc) is 3.50. The molecular weight excluding hydrogens is 428 g/mol. The molecular formula is C24H24N2O3S2. The van der Waals surface area contributed by atoms with Gasteiger partial charge >= 0.3 is 0 Å². The second kappa shape index (κ2) is 9.34. The topological polar surface area (TPSA) is 42.0 Å². The van der Waals surface area contributed by atoms with Crippen LogP contribution in [0, 0.1) is 0 Å². The van der Waals surface area contributed by atoms with Crippen LogP contribution in [-0.2, 0) is 12.3 Å². The minimum Gasteiger partial charge on any atom is -0.454 e. The van der Waals surface area contributed by atoms with Crippen LogP contribution in [0.3, 0.4) is 0 Å². The zero-order chi connectivity index (χ0) is 21.0. The Bertz CT molecular complexity index is 1050. The zero-order valence-corrected chi connectivity index (χ0v) is 18.8. The van der Waals surface area contributed by atoms with Gasteiger partial charge in [-0.05, 0) is 41.3 Å². The highest BCUT2D eigenvalue weighted by molar-refractivity contribution is 7.98.